The summed E-state index contributed by atoms with van der Waals surface area (Å²) < 4.78 is 43.9. The summed E-state index contributed by atoms with van der Waals surface area (Å²) in [6.45, 7) is 2.86. The molecular formula is C20H26F3NO. The molecule has 0 spiro atoms. The minimum atomic E-state index is -4.44. The number of benzene rings is 2. The van der Waals surface area contributed by atoms with E-state index in [2.05, 4.69) is 6.92 Å². The van der Waals surface area contributed by atoms with Crippen molar-refractivity contribution in [2.75, 3.05) is 6.61 Å². The van der Waals surface area contributed by atoms with Crippen LogP contribution in [0, 0.1) is 0 Å². The van der Waals surface area contributed by atoms with Crippen LogP contribution in [0.2, 0.25) is 0 Å². The number of alkyl halides is 3. The van der Waals surface area contributed by atoms with Gasteiger partial charge in [0, 0.05) is 0 Å². The van der Waals surface area contributed by atoms with E-state index in [4.69, 9.17) is 10.5 Å². The molecule has 2 aromatic carbocycles. The van der Waals surface area contributed by atoms with Gasteiger partial charge in [-0.1, -0.05) is 57.2 Å². The molecule has 0 bridgehead atoms. The van der Waals surface area contributed by atoms with Crippen LogP contribution < -0.4 is 10.5 Å². The van der Waals surface area contributed by atoms with Gasteiger partial charge in [-0.05, 0) is 41.0 Å². The normalized spacial score (nSPS) is 13.2. The Bertz CT molecular complexity index is 670. The number of hydrogen-bond donors (Lipinski definition) is 1. The maximum Gasteiger partial charge on any atom is 0.407 e. The number of halogens is 3. The van der Waals surface area contributed by atoms with E-state index in [1.165, 1.54) is 37.8 Å². The SMILES string of the molecule is CCCCCCCCOc1ccc2cc([C@H](N)C(F)(F)F)ccc2c1. The molecule has 0 unspecified atom stereocenters. The molecule has 0 amide bonds. The number of fused-ring (bicyclic) bond motifs is 1. The maximum atomic E-state index is 12.7. The Kier molecular flexibility index (Phi) is 7.12. The van der Waals surface area contributed by atoms with Crippen molar-refractivity contribution in [2.45, 2.75) is 57.7 Å². The van der Waals surface area contributed by atoms with Crippen LogP contribution in [0.4, 0.5) is 13.2 Å². The lowest BCUT2D eigenvalue weighted by molar-refractivity contribution is -0.149. The average molecular weight is 353 g/mol. The van der Waals surface area contributed by atoms with Crippen LogP contribution in [-0.4, -0.2) is 12.8 Å². The number of rotatable bonds is 9. The second-order valence-electron chi connectivity index (χ2n) is 6.40. The van der Waals surface area contributed by atoms with Gasteiger partial charge in [-0.2, -0.15) is 13.2 Å². The number of nitrogens with two attached hydrogens (primary N) is 1. The number of unbranched alkanes of at least 4 members (excludes halogenated alkanes) is 5. The molecule has 138 valence electrons. The summed E-state index contributed by atoms with van der Waals surface area (Å²) in [5.74, 6) is 0.744. The molecule has 0 heterocycles. The first-order valence-electron chi connectivity index (χ1n) is 8.90. The van der Waals surface area contributed by atoms with Gasteiger partial charge in [0.15, 0.2) is 0 Å². The summed E-state index contributed by atoms with van der Waals surface area (Å²) in [6, 6.07) is 8.05. The summed E-state index contributed by atoms with van der Waals surface area (Å²) in [6.07, 6.45) is 2.77. The van der Waals surface area contributed by atoms with Crippen LogP contribution >= 0.6 is 0 Å². The summed E-state index contributed by atoms with van der Waals surface area (Å²) in [5, 5.41) is 1.57. The van der Waals surface area contributed by atoms with Gasteiger partial charge < -0.3 is 10.5 Å². The van der Waals surface area contributed by atoms with Gasteiger partial charge in [-0.25, -0.2) is 0 Å². The quantitative estimate of drug-likeness (QED) is 0.549. The minimum absolute atomic E-state index is 0.0701. The second-order valence-corrected chi connectivity index (χ2v) is 6.40. The largest absolute Gasteiger partial charge is 0.494 e. The van der Waals surface area contributed by atoms with E-state index >= 15 is 0 Å². The van der Waals surface area contributed by atoms with Crippen molar-refractivity contribution in [3.63, 3.8) is 0 Å². The third-order valence-corrected chi connectivity index (χ3v) is 4.31. The molecule has 25 heavy (non-hydrogen) atoms. The Balaban J connectivity index is 1.92. The van der Waals surface area contributed by atoms with Gasteiger partial charge in [0.05, 0.1) is 6.61 Å². The fraction of sp³-hybridized carbons (Fsp3) is 0.500. The predicted molar refractivity (Wildman–Crippen MR) is 95.8 cm³/mol. The van der Waals surface area contributed by atoms with Gasteiger partial charge in [-0.15, -0.1) is 0 Å². The molecule has 2 nitrogen and oxygen atoms in total. The lowest BCUT2D eigenvalue weighted by atomic mass is 10.0. The van der Waals surface area contributed by atoms with Gasteiger partial charge in [0.25, 0.3) is 0 Å². The fourth-order valence-electron chi connectivity index (χ4n) is 2.79. The van der Waals surface area contributed by atoms with Gasteiger partial charge in [0.2, 0.25) is 0 Å². The monoisotopic (exact) mass is 353 g/mol. The Hall–Kier alpha value is -1.75. The molecule has 0 fully saturated rings. The summed E-state index contributed by atoms with van der Waals surface area (Å²) in [7, 11) is 0. The van der Waals surface area contributed by atoms with E-state index in [0.717, 1.165) is 29.4 Å². The molecule has 0 radical (unpaired) electrons. The van der Waals surface area contributed by atoms with E-state index in [9.17, 15) is 13.2 Å². The van der Waals surface area contributed by atoms with Crippen molar-refractivity contribution in [3.05, 3.63) is 42.0 Å². The topological polar surface area (TPSA) is 35.2 Å². The molecule has 2 N–H and O–H groups in total. The zero-order valence-corrected chi connectivity index (χ0v) is 14.6. The van der Waals surface area contributed by atoms with E-state index < -0.39 is 12.2 Å². The highest BCUT2D eigenvalue weighted by Gasteiger charge is 2.37. The molecular weight excluding hydrogens is 327 g/mol. The first-order chi connectivity index (χ1) is 11.9. The van der Waals surface area contributed by atoms with Gasteiger partial charge >= 0.3 is 6.18 Å². The van der Waals surface area contributed by atoms with Crippen molar-refractivity contribution < 1.29 is 17.9 Å². The van der Waals surface area contributed by atoms with Crippen molar-refractivity contribution in [2.24, 2.45) is 5.73 Å². The summed E-state index contributed by atoms with van der Waals surface area (Å²) in [5.41, 5.74) is 5.34. The molecule has 2 rings (SSSR count). The highest BCUT2D eigenvalue weighted by molar-refractivity contribution is 5.84. The third kappa shape index (κ3) is 5.92. The van der Waals surface area contributed by atoms with Crippen molar-refractivity contribution >= 4 is 10.8 Å². The highest BCUT2D eigenvalue weighted by atomic mass is 19.4. The minimum Gasteiger partial charge on any atom is -0.494 e. The number of ether oxygens (including phenoxy) is 1. The van der Waals surface area contributed by atoms with Crippen LogP contribution in [0.25, 0.3) is 10.8 Å². The third-order valence-electron chi connectivity index (χ3n) is 4.31. The van der Waals surface area contributed by atoms with Crippen molar-refractivity contribution in [3.8, 4) is 5.75 Å². The fourth-order valence-corrected chi connectivity index (χ4v) is 2.79. The second kappa shape index (κ2) is 9.09. The zero-order chi connectivity index (χ0) is 18.3. The Morgan fingerprint density at radius 3 is 2.28 bits per heavy atom. The lowest BCUT2D eigenvalue weighted by Crippen LogP contribution is -2.28. The standard InChI is InChI=1S/C20H26F3NO/c1-2-3-4-5-6-7-12-25-18-11-10-15-13-17(9-8-16(15)14-18)19(24)20(21,22)23/h8-11,13-14,19H,2-7,12,24H2,1H3/t19-/m0/s1. The predicted octanol–water partition coefficient (Wildman–Crippen LogP) is 6.14. The summed E-state index contributed by atoms with van der Waals surface area (Å²) >= 11 is 0. The molecule has 0 aromatic heterocycles. The van der Waals surface area contributed by atoms with E-state index in [1.54, 1.807) is 18.2 Å². The van der Waals surface area contributed by atoms with Gasteiger partial charge in [-0.3, -0.25) is 0 Å². The van der Waals surface area contributed by atoms with Gasteiger partial charge in [0.1, 0.15) is 11.8 Å². The number of hydrogen-bond acceptors (Lipinski definition) is 2. The Morgan fingerprint density at radius 2 is 1.56 bits per heavy atom. The lowest BCUT2D eigenvalue weighted by Gasteiger charge is -2.16. The molecule has 2 aromatic rings. The van der Waals surface area contributed by atoms with E-state index in [0.29, 0.717) is 6.61 Å². The van der Waals surface area contributed by atoms with Crippen molar-refractivity contribution in [1.29, 1.82) is 0 Å². The molecule has 1 atom stereocenters. The maximum absolute atomic E-state index is 12.7. The first kappa shape index (κ1) is 19.6. The smallest absolute Gasteiger partial charge is 0.407 e. The molecule has 0 aliphatic heterocycles. The van der Waals surface area contributed by atoms with Crippen LogP contribution in [0.15, 0.2) is 36.4 Å². The first-order valence-corrected chi connectivity index (χ1v) is 8.90. The van der Waals surface area contributed by atoms with E-state index in [-0.39, 0.29) is 5.56 Å². The molecule has 5 heteroatoms. The summed E-state index contributed by atoms with van der Waals surface area (Å²) in [4.78, 5) is 0. The Morgan fingerprint density at radius 1 is 0.920 bits per heavy atom. The zero-order valence-electron chi connectivity index (χ0n) is 14.6. The molecule has 0 saturated carbocycles. The van der Waals surface area contributed by atoms with Crippen LogP contribution in [0.1, 0.15) is 57.1 Å². The highest BCUT2D eigenvalue weighted by Crippen LogP contribution is 2.32. The van der Waals surface area contributed by atoms with Crippen LogP contribution in [-0.2, 0) is 0 Å². The van der Waals surface area contributed by atoms with Crippen molar-refractivity contribution in [1.82, 2.24) is 0 Å². The molecule has 0 aliphatic carbocycles. The average Bonchev–Trinajstić information content (AvgIpc) is 2.59. The van der Waals surface area contributed by atoms with E-state index in [1.807, 2.05) is 6.07 Å². The molecule has 0 aliphatic rings. The van der Waals surface area contributed by atoms with Crippen LogP contribution in [0.5, 0.6) is 5.75 Å². The molecule has 0 saturated heterocycles. The Labute approximate surface area is 147 Å². The van der Waals surface area contributed by atoms with Crippen LogP contribution in [0.3, 0.4) is 0 Å².